The van der Waals surface area contributed by atoms with E-state index < -0.39 is 70.1 Å². The largest absolute Gasteiger partial charge is 0.460 e. The first kappa shape index (κ1) is 30.7. The number of halogens is 17. The molecule has 0 aromatic heterocycles. The molecule has 0 aromatic rings. The zero-order chi connectivity index (χ0) is 26.6. The average molecular weight is 543 g/mol. The second-order valence-corrected chi connectivity index (χ2v) is 7.39. The smallest absolute Gasteiger partial charge is 0.395 e. The van der Waals surface area contributed by atoms with Gasteiger partial charge in [0.05, 0.1) is 6.61 Å². The molecule has 0 aliphatic carbocycles. The van der Waals surface area contributed by atoms with Crippen LogP contribution in [-0.4, -0.2) is 73.6 Å². The van der Waals surface area contributed by atoms with Crippen LogP contribution in [0, 0.1) is 0 Å². The molecule has 0 bridgehead atoms. The first-order valence-electron chi connectivity index (χ1n) is 6.87. The highest BCUT2D eigenvalue weighted by atomic mass is 32.2. The van der Waals surface area contributed by atoms with Crippen LogP contribution < -0.4 is 4.72 Å². The van der Waals surface area contributed by atoms with Crippen LogP contribution >= 0.6 is 0 Å². The van der Waals surface area contributed by atoms with Gasteiger partial charge in [-0.15, -0.1) is 0 Å². The maximum Gasteiger partial charge on any atom is 0.460 e. The van der Waals surface area contributed by atoms with E-state index >= 15 is 0 Å². The van der Waals surface area contributed by atoms with Gasteiger partial charge in [0.2, 0.25) is 0 Å². The molecule has 22 heteroatoms. The highest BCUT2D eigenvalue weighted by Gasteiger charge is 2.96. The summed E-state index contributed by atoms with van der Waals surface area (Å²) in [5, 5.41) is 0.541. The zero-order valence-corrected chi connectivity index (χ0v) is 14.8. The minimum absolute atomic E-state index is 0.201. The standard InChI is InChI=1S/C10H6F17NO3S/c11-3(12,5(15,16)7(19,20)9(23,24)25)4(13,14)6(17,18)8(21,22)10(26,27)32(30,31)28-1-2-29/h28-29H,1-2H2. The number of sulfonamides is 1. The van der Waals surface area contributed by atoms with Crippen molar-refractivity contribution < 1.29 is 88.2 Å². The summed E-state index contributed by atoms with van der Waals surface area (Å²) in [4.78, 5) is 0. The van der Waals surface area contributed by atoms with Gasteiger partial charge in [-0.2, -0.15) is 74.6 Å². The Hall–Kier alpha value is -1.32. The Balaban J connectivity index is 6.85. The molecule has 4 nitrogen and oxygen atoms in total. The molecule has 0 radical (unpaired) electrons. The number of aliphatic hydroxyl groups is 1. The Morgan fingerprint density at radius 3 is 1.09 bits per heavy atom. The molecule has 0 aliphatic heterocycles. The molecule has 2 N–H and O–H groups in total. The number of hydrogen-bond donors (Lipinski definition) is 2. The number of nitrogens with one attached hydrogen (secondary N) is 1. The average Bonchev–Trinajstić information content (AvgIpc) is 2.57. The van der Waals surface area contributed by atoms with Gasteiger partial charge in [-0.05, 0) is 0 Å². The summed E-state index contributed by atoms with van der Waals surface area (Å²) in [5.41, 5.74) is 0. The monoisotopic (exact) mass is 543 g/mol. The first-order valence-corrected chi connectivity index (χ1v) is 8.36. The summed E-state index contributed by atoms with van der Waals surface area (Å²) in [6.45, 7) is -3.24. The third-order valence-corrected chi connectivity index (χ3v) is 4.95. The van der Waals surface area contributed by atoms with E-state index in [1.807, 2.05) is 0 Å². The molecule has 0 atom stereocenters. The predicted octanol–water partition coefficient (Wildman–Crippen LogP) is 3.87. The third-order valence-electron chi connectivity index (χ3n) is 3.43. The summed E-state index contributed by atoms with van der Waals surface area (Å²) in [7, 11) is -7.32. The van der Waals surface area contributed by atoms with E-state index in [1.165, 1.54) is 0 Å². The van der Waals surface area contributed by atoms with Crippen LogP contribution in [0.3, 0.4) is 0 Å². The van der Waals surface area contributed by atoms with Gasteiger partial charge in [0.1, 0.15) is 0 Å². The maximum atomic E-state index is 13.4. The van der Waals surface area contributed by atoms with E-state index in [4.69, 9.17) is 5.11 Å². The van der Waals surface area contributed by atoms with E-state index in [1.54, 1.807) is 0 Å². The lowest BCUT2D eigenvalue weighted by atomic mass is 9.91. The minimum Gasteiger partial charge on any atom is -0.395 e. The summed E-state index contributed by atoms with van der Waals surface area (Å²) in [5.74, 6) is -51.7. The summed E-state index contributed by atoms with van der Waals surface area (Å²) < 4.78 is 242. The molecular weight excluding hydrogens is 537 g/mol. The molecule has 0 saturated heterocycles. The van der Waals surface area contributed by atoms with Crippen molar-refractivity contribution in [1.82, 2.24) is 4.72 Å². The fourth-order valence-electron chi connectivity index (χ4n) is 1.59. The van der Waals surface area contributed by atoms with Crippen LogP contribution in [0.1, 0.15) is 0 Å². The lowest BCUT2D eigenvalue weighted by Crippen LogP contribution is -2.75. The van der Waals surface area contributed by atoms with Crippen LogP contribution in [0.5, 0.6) is 0 Å². The van der Waals surface area contributed by atoms with Crippen molar-refractivity contribution in [3.05, 3.63) is 0 Å². The number of rotatable bonds is 10. The third kappa shape index (κ3) is 3.84. The Morgan fingerprint density at radius 1 is 0.531 bits per heavy atom. The summed E-state index contributed by atoms with van der Waals surface area (Å²) in [6, 6.07) is 0. The van der Waals surface area contributed by atoms with Gasteiger partial charge in [0.25, 0.3) is 10.0 Å². The topological polar surface area (TPSA) is 66.4 Å². The molecule has 0 fully saturated rings. The van der Waals surface area contributed by atoms with Crippen molar-refractivity contribution in [2.24, 2.45) is 0 Å². The molecule has 0 aromatic carbocycles. The van der Waals surface area contributed by atoms with Crippen molar-refractivity contribution in [3.8, 4) is 0 Å². The second kappa shape index (κ2) is 7.87. The van der Waals surface area contributed by atoms with Gasteiger partial charge in [-0.3, -0.25) is 0 Å². The molecule has 0 aliphatic rings. The number of hydrogen-bond acceptors (Lipinski definition) is 3. The molecule has 0 saturated carbocycles. The van der Waals surface area contributed by atoms with Crippen LogP contribution in [-0.2, 0) is 10.0 Å². The Bertz CT molecular complexity index is 787. The van der Waals surface area contributed by atoms with Gasteiger partial charge >= 0.3 is 47.0 Å². The van der Waals surface area contributed by atoms with E-state index in [0.29, 0.717) is 0 Å². The van der Waals surface area contributed by atoms with E-state index in [-0.39, 0.29) is 4.72 Å². The van der Waals surface area contributed by atoms with Crippen molar-refractivity contribution in [1.29, 1.82) is 0 Å². The highest BCUT2D eigenvalue weighted by molar-refractivity contribution is 7.90. The number of aliphatic hydroxyl groups excluding tert-OH is 1. The molecule has 194 valence electrons. The van der Waals surface area contributed by atoms with Crippen LogP contribution in [0.2, 0.25) is 0 Å². The van der Waals surface area contributed by atoms with Gasteiger partial charge in [-0.25, -0.2) is 13.1 Å². The molecule has 32 heavy (non-hydrogen) atoms. The lowest BCUT2D eigenvalue weighted by molar-refractivity contribution is -0.458. The molecule has 0 heterocycles. The van der Waals surface area contributed by atoms with Crippen LogP contribution in [0.25, 0.3) is 0 Å². The van der Waals surface area contributed by atoms with E-state index in [9.17, 15) is 83.1 Å². The Labute approximate surface area is 164 Å². The van der Waals surface area contributed by atoms with Crippen molar-refractivity contribution >= 4 is 10.0 Å². The minimum atomic E-state index is -8.86. The van der Waals surface area contributed by atoms with Crippen LogP contribution in [0.15, 0.2) is 0 Å². The lowest BCUT2D eigenvalue weighted by Gasteiger charge is -2.42. The molecular formula is C10H6F17NO3S. The van der Waals surface area contributed by atoms with E-state index in [2.05, 4.69) is 0 Å². The molecule has 0 amide bonds. The van der Waals surface area contributed by atoms with Gasteiger partial charge in [0, 0.05) is 6.54 Å². The quantitative estimate of drug-likeness (QED) is 0.412. The zero-order valence-electron chi connectivity index (χ0n) is 14.0. The first-order chi connectivity index (χ1) is 13.6. The van der Waals surface area contributed by atoms with Crippen molar-refractivity contribution in [2.75, 3.05) is 13.2 Å². The van der Waals surface area contributed by atoms with Crippen molar-refractivity contribution in [3.63, 3.8) is 0 Å². The van der Waals surface area contributed by atoms with E-state index in [0.717, 1.165) is 0 Å². The fraction of sp³-hybridized carbons (Fsp3) is 1.00. The van der Waals surface area contributed by atoms with Crippen molar-refractivity contribution in [2.45, 2.75) is 47.0 Å². The predicted molar refractivity (Wildman–Crippen MR) is 64.7 cm³/mol. The second-order valence-electron chi connectivity index (χ2n) is 5.58. The van der Waals surface area contributed by atoms with Crippen LogP contribution in [0.4, 0.5) is 74.6 Å². The maximum absolute atomic E-state index is 13.4. The summed E-state index contributed by atoms with van der Waals surface area (Å²) in [6.07, 6.45) is -7.88. The van der Waals surface area contributed by atoms with Gasteiger partial charge < -0.3 is 5.11 Å². The normalized spacial score (nSPS) is 16.4. The van der Waals surface area contributed by atoms with Gasteiger partial charge in [0.15, 0.2) is 0 Å². The van der Waals surface area contributed by atoms with Gasteiger partial charge in [-0.1, -0.05) is 0 Å². The Morgan fingerprint density at radius 2 is 0.812 bits per heavy atom. The fourth-order valence-corrected chi connectivity index (χ4v) is 2.60. The molecule has 0 unspecified atom stereocenters. The SMILES string of the molecule is O=S(=O)(NCCO)C(F)(F)C(F)(F)C(F)(F)C(F)(F)C(F)(F)C(F)(F)C(F)(F)C(F)(F)F. The number of alkyl halides is 17. The highest BCUT2D eigenvalue weighted by Crippen LogP contribution is 2.64. The summed E-state index contributed by atoms with van der Waals surface area (Å²) >= 11 is 0. The Kier molecular flexibility index (Phi) is 7.55. The molecule has 0 rings (SSSR count). The molecule has 0 spiro atoms.